The first-order valence-electron chi connectivity index (χ1n) is 10.2. The molecule has 2 aromatic carbocycles. The predicted octanol–water partition coefficient (Wildman–Crippen LogP) is 3.84. The molecule has 0 radical (unpaired) electrons. The average molecular weight is 415 g/mol. The first kappa shape index (κ1) is 20.4. The summed E-state index contributed by atoms with van der Waals surface area (Å²) in [7, 11) is 0. The molecule has 0 saturated carbocycles. The van der Waals surface area contributed by atoms with Crippen molar-refractivity contribution in [2.45, 2.75) is 0 Å². The molecular formula is C24H25N5O2. The van der Waals surface area contributed by atoms with E-state index in [0.29, 0.717) is 13.1 Å². The van der Waals surface area contributed by atoms with Crippen molar-refractivity contribution in [1.29, 1.82) is 0 Å². The fourth-order valence-electron chi connectivity index (χ4n) is 3.58. The van der Waals surface area contributed by atoms with Crippen molar-refractivity contribution in [2.75, 3.05) is 43.4 Å². The van der Waals surface area contributed by atoms with E-state index in [4.69, 9.17) is 10.5 Å². The first-order valence-corrected chi connectivity index (χ1v) is 10.2. The molecule has 4 rings (SSSR count). The zero-order chi connectivity index (χ0) is 21.6. The van der Waals surface area contributed by atoms with Crippen LogP contribution < -0.4 is 10.6 Å². The van der Waals surface area contributed by atoms with Crippen molar-refractivity contribution in [3.05, 3.63) is 73.3 Å². The van der Waals surface area contributed by atoms with Gasteiger partial charge in [-0.2, -0.15) is 0 Å². The molecule has 0 atom stereocenters. The van der Waals surface area contributed by atoms with E-state index in [0.717, 1.165) is 41.3 Å². The normalized spacial score (nSPS) is 13.7. The number of nitrogens with two attached hydrogens (primary N) is 1. The van der Waals surface area contributed by atoms with E-state index in [-0.39, 0.29) is 18.6 Å². The number of ether oxygens (including phenoxy) is 1. The molecule has 0 spiro atoms. The van der Waals surface area contributed by atoms with E-state index in [2.05, 4.69) is 33.6 Å². The molecule has 1 fully saturated rings. The number of anilines is 2. The summed E-state index contributed by atoms with van der Waals surface area (Å²) >= 11 is 0. The Morgan fingerprint density at radius 2 is 1.58 bits per heavy atom. The van der Waals surface area contributed by atoms with Gasteiger partial charge in [0, 0.05) is 43.0 Å². The summed E-state index contributed by atoms with van der Waals surface area (Å²) in [5.41, 5.74) is 10.6. The van der Waals surface area contributed by atoms with Crippen LogP contribution in [-0.4, -0.2) is 53.7 Å². The minimum absolute atomic E-state index is 0.236. The third-order valence-electron chi connectivity index (χ3n) is 5.20. The summed E-state index contributed by atoms with van der Waals surface area (Å²) in [4.78, 5) is 24.7. The molecule has 7 nitrogen and oxygen atoms in total. The van der Waals surface area contributed by atoms with Crippen LogP contribution in [-0.2, 0) is 4.74 Å². The maximum atomic E-state index is 12.0. The number of piperazine rings is 1. The molecular weight excluding hydrogens is 390 g/mol. The SMILES string of the molecule is C=CCOC(=O)N1CCN(c2ccc(-c3cc(-c4ccccc4)nc(N)n3)cc2)CC1. The van der Waals surface area contributed by atoms with E-state index in [9.17, 15) is 4.79 Å². The van der Waals surface area contributed by atoms with Crippen LogP contribution in [0.15, 0.2) is 73.3 Å². The summed E-state index contributed by atoms with van der Waals surface area (Å²) in [6.45, 7) is 6.55. The molecule has 1 aliphatic rings. The Hall–Kier alpha value is -3.87. The Morgan fingerprint density at radius 3 is 2.19 bits per heavy atom. The van der Waals surface area contributed by atoms with Crippen molar-refractivity contribution >= 4 is 17.7 Å². The van der Waals surface area contributed by atoms with E-state index in [1.807, 2.05) is 48.5 Å². The molecule has 3 aromatic rings. The van der Waals surface area contributed by atoms with Gasteiger partial charge in [-0.05, 0) is 18.2 Å². The van der Waals surface area contributed by atoms with Crippen molar-refractivity contribution in [2.24, 2.45) is 0 Å². The second-order valence-corrected chi connectivity index (χ2v) is 7.25. The molecule has 158 valence electrons. The lowest BCUT2D eigenvalue weighted by atomic mass is 10.1. The fraction of sp³-hybridized carbons (Fsp3) is 0.208. The smallest absolute Gasteiger partial charge is 0.410 e. The Morgan fingerprint density at radius 1 is 0.968 bits per heavy atom. The number of carbonyl (C=O) groups is 1. The molecule has 2 heterocycles. The van der Waals surface area contributed by atoms with Gasteiger partial charge in [-0.25, -0.2) is 14.8 Å². The highest BCUT2D eigenvalue weighted by molar-refractivity contribution is 5.71. The molecule has 0 unspecified atom stereocenters. The molecule has 1 aromatic heterocycles. The molecule has 1 saturated heterocycles. The van der Waals surface area contributed by atoms with E-state index in [1.165, 1.54) is 0 Å². The summed E-state index contributed by atoms with van der Waals surface area (Å²) in [6, 6.07) is 20.1. The van der Waals surface area contributed by atoms with Crippen molar-refractivity contribution in [1.82, 2.24) is 14.9 Å². The van der Waals surface area contributed by atoms with E-state index in [1.54, 1.807) is 11.0 Å². The molecule has 7 heteroatoms. The molecule has 31 heavy (non-hydrogen) atoms. The molecule has 1 amide bonds. The highest BCUT2D eigenvalue weighted by Gasteiger charge is 2.22. The van der Waals surface area contributed by atoms with E-state index < -0.39 is 0 Å². The Balaban J connectivity index is 1.45. The van der Waals surface area contributed by atoms with Gasteiger partial charge in [0.15, 0.2) is 0 Å². The van der Waals surface area contributed by atoms with Crippen molar-refractivity contribution in [3.8, 4) is 22.5 Å². The number of carbonyl (C=O) groups excluding carboxylic acids is 1. The highest BCUT2D eigenvalue weighted by atomic mass is 16.6. The minimum atomic E-state index is -0.287. The Labute approximate surface area is 181 Å². The van der Waals surface area contributed by atoms with Crippen LogP contribution in [0.5, 0.6) is 0 Å². The maximum absolute atomic E-state index is 12.0. The van der Waals surface area contributed by atoms with Crippen molar-refractivity contribution in [3.63, 3.8) is 0 Å². The molecule has 1 aliphatic heterocycles. The second-order valence-electron chi connectivity index (χ2n) is 7.25. The fourth-order valence-corrected chi connectivity index (χ4v) is 3.58. The monoisotopic (exact) mass is 415 g/mol. The van der Waals surface area contributed by atoms with Crippen LogP contribution in [0.2, 0.25) is 0 Å². The number of nitrogens with zero attached hydrogens (tertiary/aromatic N) is 4. The summed E-state index contributed by atoms with van der Waals surface area (Å²) in [5.74, 6) is 0.250. The lowest BCUT2D eigenvalue weighted by Gasteiger charge is -2.35. The van der Waals surface area contributed by atoms with Gasteiger partial charge in [0.1, 0.15) is 6.61 Å². The molecule has 0 aliphatic carbocycles. The highest BCUT2D eigenvalue weighted by Crippen LogP contribution is 2.26. The third-order valence-corrected chi connectivity index (χ3v) is 5.20. The lowest BCUT2D eigenvalue weighted by Crippen LogP contribution is -2.49. The lowest BCUT2D eigenvalue weighted by molar-refractivity contribution is 0.110. The van der Waals surface area contributed by atoms with Crippen LogP contribution in [0.25, 0.3) is 22.5 Å². The second kappa shape index (κ2) is 9.30. The van der Waals surface area contributed by atoms with Gasteiger partial charge in [0.2, 0.25) is 5.95 Å². The van der Waals surface area contributed by atoms with Crippen LogP contribution in [0.3, 0.4) is 0 Å². The Bertz CT molecular complexity index is 1050. The van der Waals surface area contributed by atoms with Gasteiger partial charge in [-0.15, -0.1) is 0 Å². The van der Waals surface area contributed by atoms with Crippen LogP contribution in [0, 0.1) is 0 Å². The number of benzene rings is 2. The van der Waals surface area contributed by atoms with Crippen LogP contribution >= 0.6 is 0 Å². The van der Waals surface area contributed by atoms with Crippen molar-refractivity contribution < 1.29 is 9.53 Å². The number of aromatic nitrogens is 2. The Kier molecular flexibility index (Phi) is 6.12. The summed E-state index contributed by atoms with van der Waals surface area (Å²) in [6.07, 6.45) is 1.29. The number of amides is 1. The van der Waals surface area contributed by atoms with E-state index >= 15 is 0 Å². The standard InChI is InChI=1S/C24H25N5O2/c1-2-16-31-24(30)29-14-12-28(13-15-29)20-10-8-19(9-11-20)22-17-21(26-23(25)27-22)18-6-4-3-5-7-18/h2-11,17H,1,12-16H2,(H2,25,26,27). The quantitative estimate of drug-likeness (QED) is 0.638. The predicted molar refractivity (Wildman–Crippen MR) is 123 cm³/mol. The van der Waals surface area contributed by atoms with Gasteiger partial charge in [-0.3, -0.25) is 0 Å². The topological polar surface area (TPSA) is 84.6 Å². The number of hydrogen-bond acceptors (Lipinski definition) is 6. The number of hydrogen-bond donors (Lipinski definition) is 1. The van der Waals surface area contributed by atoms with Crippen LogP contribution in [0.4, 0.5) is 16.4 Å². The molecule has 0 bridgehead atoms. The van der Waals surface area contributed by atoms with Gasteiger partial charge in [0.25, 0.3) is 0 Å². The van der Waals surface area contributed by atoms with Gasteiger partial charge in [0.05, 0.1) is 11.4 Å². The zero-order valence-corrected chi connectivity index (χ0v) is 17.3. The minimum Gasteiger partial charge on any atom is -0.445 e. The summed E-state index contributed by atoms with van der Waals surface area (Å²) in [5, 5.41) is 0. The molecule has 2 N–H and O–H groups in total. The average Bonchev–Trinajstić information content (AvgIpc) is 2.83. The van der Waals surface area contributed by atoms with Crippen LogP contribution in [0.1, 0.15) is 0 Å². The number of nitrogen functional groups attached to an aromatic ring is 1. The first-order chi connectivity index (χ1) is 15.1. The maximum Gasteiger partial charge on any atom is 0.410 e. The summed E-state index contributed by atoms with van der Waals surface area (Å²) < 4.78 is 5.12. The largest absolute Gasteiger partial charge is 0.445 e. The number of rotatable bonds is 5. The van der Waals surface area contributed by atoms with Gasteiger partial charge >= 0.3 is 6.09 Å². The van der Waals surface area contributed by atoms with Gasteiger partial charge in [-0.1, -0.05) is 55.1 Å². The zero-order valence-electron chi connectivity index (χ0n) is 17.3. The van der Waals surface area contributed by atoms with Gasteiger partial charge < -0.3 is 20.3 Å². The third kappa shape index (κ3) is 4.83.